The molecule has 0 bridgehead atoms. The Bertz CT molecular complexity index is 1280. The highest BCUT2D eigenvalue weighted by atomic mass is 16.4. The van der Waals surface area contributed by atoms with Crippen LogP contribution < -0.4 is 11.1 Å². The van der Waals surface area contributed by atoms with Crippen LogP contribution >= 0.6 is 0 Å². The maximum Gasteiger partial charge on any atom is 0.305 e. The number of aromatic nitrogens is 1. The molecule has 1 aliphatic rings. The highest BCUT2D eigenvalue weighted by molar-refractivity contribution is 5.96. The number of anilines is 2. The molecule has 192 valence electrons. The van der Waals surface area contributed by atoms with E-state index in [-0.39, 0.29) is 18.2 Å². The molecule has 4 N–H and O–H groups in total. The summed E-state index contributed by atoms with van der Waals surface area (Å²) in [6.07, 6.45) is 2.58. The first kappa shape index (κ1) is 25.7. The molecule has 9 heteroatoms. The number of nitrogens with zero attached hydrogens (tertiary/aromatic N) is 3. The zero-order chi connectivity index (χ0) is 26.4. The first-order valence-corrected chi connectivity index (χ1v) is 12.2. The molecular weight excluding hydrogens is 470 g/mol. The largest absolute Gasteiger partial charge is 0.481 e. The number of nitrogen functional groups attached to an aromatic ring is 1. The molecule has 3 aromatic rings. The third-order valence-electron chi connectivity index (χ3n) is 6.48. The Kier molecular flexibility index (Phi) is 8.02. The summed E-state index contributed by atoms with van der Waals surface area (Å²) in [5, 5.41) is 12.5. The minimum atomic E-state index is -1.07. The van der Waals surface area contributed by atoms with E-state index in [4.69, 9.17) is 5.73 Å². The van der Waals surface area contributed by atoms with E-state index in [1.54, 1.807) is 41.2 Å². The number of nitrogens with one attached hydrogen (secondary N) is 1. The summed E-state index contributed by atoms with van der Waals surface area (Å²) >= 11 is 0. The second kappa shape index (κ2) is 11.6. The van der Waals surface area contributed by atoms with Gasteiger partial charge in [0.1, 0.15) is 11.9 Å². The quantitative estimate of drug-likeness (QED) is 0.411. The predicted molar refractivity (Wildman–Crippen MR) is 141 cm³/mol. The lowest BCUT2D eigenvalue weighted by atomic mass is 10.1. The van der Waals surface area contributed by atoms with Crippen LogP contribution in [0, 0.1) is 0 Å². The van der Waals surface area contributed by atoms with Crippen molar-refractivity contribution >= 4 is 29.3 Å². The summed E-state index contributed by atoms with van der Waals surface area (Å²) in [7, 11) is 1.73. The number of nitrogens with two attached hydrogens (primary N) is 1. The van der Waals surface area contributed by atoms with E-state index < -0.39 is 12.0 Å². The Morgan fingerprint density at radius 2 is 1.89 bits per heavy atom. The van der Waals surface area contributed by atoms with E-state index in [0.29, 0.717) is 49.5 Å². The van der Waals surface area contributed by atoms with Crippen molar-refractivity contribution in [2.75, 3.05) is 31.2 Å². The minimum Gasteiger partial charge on any atom is -0.481 e. The topological polar surface area (TPSA) is 129 Å². The minimum absolute atomic E-state index is 0.169. The van der Waals surface area contributed by atoms with Gasteiger partial charge in [0.15, 0.2) is 0 Å². The Morgan fingerprint density at radius 3 is 2.62 bits per heavy atom. The highest BCUT2D eigenvalue weighted by Crippen LogP contribution is 2.26. The van der Waals surface area contributed by atoms with Crippen LogP contribution in [0.15, 0.2) is 66.9 Å². The highest BCUT2D eigenvalue weighted by Gasteiger charge is 2.31. The Labute approximate surface area is 215 Å². The van der Waals surface area contributed by atoms with E-state index in [2.05, 4.69) is 10.3 Å². The first-order chi connectivity index (χ1) is 17.8. The standard InChI is InChI=1S/C28H31N5O4/c1-32(13-10-20-9-12-30-25(29)15-20)27(36)21-7-8-22-18-33(14-11-19-5-3-2-4-6-19)28(37)24(17-26(34)35)31-23(22)16-21/h2-9,12,15-16,24,31H,10-11,13-14,17-18H2,1H3,(H2,29,30)(H,34,35). The molecule has 37 heavy (non-hydrogen) atoms. The van der Waals surface area contributed by atoms with Crippen LogP contribution in [-0.2, 0) is 29.0 Å². The maximum absolute atomic E-state index is 13.3. The molecular formula is C28H31N5O4. The number of hydrogen-bond donors (Lipinski definition) is 3. The molecule has 0 spiro atoms. The average Bonchev–Trinajstić information content (AvgIpc) is 3.01. The van der Waals surface area contributed by atoms with Crippen LogP contribution in [0.5, 0.6) is 0 Å². The van der Waals surface area contributed by atoms with Crippen molar-refractivity contribution in [3.8, 4) is 0 Å². The number of amides is 2. The molecule has 0 radical (unpaired) electrons. The van der Waals surface area contributed by atoms with Crippen LogP contribution in [0.2, 0.25) is 0 Å². The van der Waals surface area contributed by atoms with Crippen molar-refractivity contribution in [3.05, 3.63) is 89.1 Å². The molecule has 9 nitrogen and oxygen atoms in total. The van der Waals surface area contributed by atoms with Crippen LogP contribution in [-0.4, -0.2) is 63.9 Å². The zero-order valence-corrected chi connectivity index (χ0v) is 20.8. The van der Waals surface area contributed by atoms with E-state index >= 15 is 0 Å². The molecule has 1 unspecified atom stereocenters. The number of benzene rings is 2. The third-order valence-corrected chi connectivity index (χ3v) is 6.48. The molecule has 4 rings (SSSR count). The van der Waals surface area contributed by atoms with Gasteiger partial charge in [-0.05, 0) is 53.8 Å². The molecule has 1 atom stereocenters. The Hall–Kier alpha value is -4.40. The lowest BCUT2D eigenvalue weighted by molar-refractivity contribution is -0.141. The molecule has 2 amide bonds. The average molecular weight is 502 g/mol. The summed E-state index contributed by atoms with van der Waals surface area (Å²) in [6, 6.07) is 17.9. The van der Waals surface area contributed by atoms with Gasteiger partial charge >= 0.3 is 5.97 Å². The number of rotatable bonds is 9. The number of aliphatic carboxylic acids is 1. The fourth-order valence-electron chi connectivity index (χ4n) is 4.41. The number of hydrogen-bond acceptors (Lipinski definition) is 6. The third kappa shape index (κ3) is 6.63. The van der Waals surface area contributed by atoms with Gasteiger partial charge in [-0.3, -0.25) is 14.4 Å². The summed E-state index contributed by atoms with van der Waals surface area (Å²) in [6.45, 7) is 1.28. The van der Waals surface area contributed by atoms with Crippen molar-refractivity contribution < 1.29 is 19.5 Å². The molecule has 1 aliphatic heterocycles. The van der Waals surface area contributed by atoms with Crippen LogP contribution in [0.25, 0.3) is 0 Å². The Morgan fingerprint density at radius 1 is 1.11 bits per heavy atom. The van der Waals surface area contributed by atoms with Crippen molar-refractivity contribution in [2.45, 2.75) is 31.8 Å². The summed E-state index contributed by atoms with van der Waals surface area (Å²) < 4.78 is 0. The molecule has 2 aromatic carbocycles. The number of pyridine rings is 1. The molecule has 0 saturated carbocycles. The summed E-state index contributed by atoms with van der Waals surface area (Å²) in [5.74, 6) is -1.07. The fraction of sp³-hybridized carbons (Fsp3) is 0.286. The molecule has 1 aromatic heterocycles. The van der Waals surface area contributed by atoms with Gasteiger partial charge < -0.3 is 26.0 Å². The molecule has 0 fully saturated rings. The van der Waals surface area contributed by atoms with Crippen molar-refractivity contribution in [1.82, 2.24) is 14.8 Å². The zero-order valence-electron chi connectivity index (χ0n) is 20.8. The monoisotopic (exact) mass is 501 g/mol. The Balaban J connectivity index is 1.50. The predicted octanol–water partition coefficient (Wildman–Crippen LogP) is 2.82. The van der Waals surface area contributed by atoms with Gasteiger partial charge in [-0.25, -0.2) is 4.98 Å². The molecule has 2 heterocycles. The molecule has 0 aliphatic carbocycles. The van der Waals surface area contributed by atoms with Crippen molar-refractivity contribution in [1.29, 1.82) is 0 Å². The maximum atomic E-state index is 13.3. The summed E-state index contributed by atoms with van der Waals surface area (Å²) in [5.41, 5.74) is 9.72. The summed E-state index contributed by atoms with van der Waals surface area (Å²) in [4.78, 5) is 45.2. The van der Waals surface area contributed by atoms with Gasteiger partial charge in [-0.2, -0.15) is 0 Å². The molecule has 0 saturated heterocycles. The number of carboxylic acid groups (broad SMARTS) is 1. The van der Waals surface area contributed by atoms with Crippen LogP contribution in [0.3, 0.4) is 0 Å². The number of carbonyl (C=O) groups excluding carboxylic acids is 2. The van der Waals surface area contributed by atoms with Gasteiger partial charge in [0, 0.05) is 44.1 Å². The second-order valence-electron chi connectivity index (χ2n) is 9.23. The van der Waals surface area contributed by atoms with Gasteiger partial charge in [-0.1, -0.05) is 36.4 Å². The SMILES string of the molecule is CN(CCc1ccnc(N)c1)C(=O)c1ccc2c(c1)NC(CC(=O)O)C(=O)N(CCc1ccccc1)C2. The fourth-order valence-corrected chi connectivity index (χ4v) is 4.41. The number of carboxylic acids is 1. The van der Waals surface area contributed by atoms with Crippen LogP contribution in [0.1, 0.15) is 33.5 Å². The second-order valence-corrected chi connectivity index (χ2v) is 9.23. The van der Waals surface area contributed by atoms with E-state index in [1.807, 2.05) is 42.5 Å². The number of carbonyl (C=O) groups is 3. The number of fused-ring (bicyclic) bond motifs is 1. The van der Waals surface area contributed by atoms with Crippen molar-refractivity contribution in [2.24, 2.45) is 0 Å². The van der Waals surface area contributed by atoms with Crippen LogP contribution in [0.4, 0.5) is 11.5 Å². The lowest BCUT2D eigenvalue weighted by Gasteiger charge is -2.24. The number of likely N-dealkylation sites (N-methyl/N-ethyl adjacent to an activating group) is 1. The smallest absolute Gasteiger partial charge is 0.305 e. The normalized spacial score (nSPS) is 14.9. The van der Waals surface area contributed by atoms with Gasteiger partial charge in [0.25, 0.3) is 5.91 Å². The van der Waals surface area contributed by atoms with E-state index in [0.717, 1.165) is 16.7 Å². The van der Waals surface area contributed by atoms with Gasteiger partial charge in [0.05, 0.1) is 6.42 Å². The van der Waals surface area contributed by atoms with Gasteiger partial charge in [0.2, 0.25) is 5.91 Å². The van der Waals surface area contributed by atoms with E-state index in [9.17, 15) is 19.5 Å². The first-order valence-electron chi connectivity index (χ1n) is 12.2. The van der Waals surface area contributed by atoms with E-state index in [1.165, 1.54) is 0 Å². The lowest BCUT2D eigenvalue weighted by Crippen LogP contribution is -2.42. The van der Waals surface area contributed by atoms with Gasteiger partial charge in [-0.15, -0.1) is 0 Å². The van der Waals surface area contributed by atoms with Crippen molar-refractivity contribution in [3.63, 3.8) is 0 Å².